The first-order valence-corrected chi connectivity index (χ1v) is 6.94. The fraction of sp³-hybridized carbons (Fsp3) is 0.0667. The highest BCUT2D eigenvalue weighted by atomic mass is 32.1. The molecule has 0 saturated carbocycles. The average Bonchev–Trinajstić information content (AvgIpc) is 2.77. The van der Waals surface area contributed by atoms with Gasteiger partial charge in [0.05, 0.1) is 10.5 Å². The summed E-state index contributed by atoms with van der Waals surface area (Å²) in [5.74, 6) is -0.808. The summed E-state index contributed by atoms with van der Waals surface area (Å²) in [4.78, 5) is 25.3. The van der Waals surface area contributed by atoms with E-state index in [2.05, 4.69) is 4.98 Å². The molecule has 1 aromatic heterocycles. The molecule has 1 aromatic carbocycles. The third-order valence-corrected chi connectivity index (χ3v) is 3.68. The van der Waals surface area contributed by atoms with Crippen LogP contribution >= 0.6 is 12.2 Å². The number of aryl methyl sites for hydroxylation is 1. The number of esters is 1. The van der Waals surface area contributed by atoms with Gasteiger partial charge in [0, 0.05) is 17.3 Å². The lowest BCUT2D eigenvalue weighted by molar-refractivity contribution is -0.385. The van der Waals surface area contributed by atoms with Gasteiger partial charge in [0.2, 0.25) is 0 Å². The molecular formula is C15H10N2O5S. The van der Waals surface area contributed by atoms with Gasteiger partial charge in [0.15, 0.2) is 0 Å². The van der Waals surface area contributed by atoms with Gasteiger partial charge in [0.25, 0.3) is 5.69 Å². The minimum Gasteiger partial charge on any atom is -0.507 e. The molecule has 2 aromatic rings. The maximum Gasteiger partial charge on any atom is 0.347 e. The zero-order chi connectivity index (χ0) is 16.7. The fourth-order valence-corrected chi connectivity index (χ4v) is 2.73. The zero-order valence-electron chi connectivity index (χ0n) is 11.8. The molecule has 0 atom stereocenters. The molecule has 0 saturated heterocycles. The lowest BCUT2D eigenvalue weighted by Crippen LogP contribution is -1.97. The number of carbonyl (C=O) groups is 1. The van der Waals surface area contributed by atoms with Crippen LogP contribution in [0.5, 0.6) is 5.75 Å². The van der Waals surface area contributed by atoms with Gasteiger partial charge in [-0.05, 0) is 25.1 Å². The first kappa shape index (κ1) is 14.9. The number of nitrogens with one attached hydrogen (secondary N) is 1. The number of aromatic amines is 1. The summed E-state index contributed by atoms with van der Waals surface area (Å²) >= 11 is 5.11. The van der Waals surface area contributed by atoms with E-state index >= 15 is 0 Å². The van der Waals surface area contributed by atoms with Gasteiger partial charge in [-0.3, -0.25) is 10.1 Å². The van der Waals surface area contributed by atoms with E-state index in [4.69, 9.17) is 17.0 Å². The number of hydrogen-bond donors (Lipinski definition) is 2. The Balaban J connectivity index is 2.24. The number of carbonyl (C=O) groups excluding carboxylic acids is 1. The molecule has 2 N–H and O–H groups in total. The number of fused-ring (bicyclic) bond motifs is 1. The average molecular weight is 330 g/mol. The molecule has 8 heteroatoms. The number of aromatic hydroxyl groups is 1. The number of benzene rings is 1. The third kappa shape index (κ3) is 2.49. The third-order valence-electron chi connectivity index (χ3n) is 3.37. The lowest BCUT2D eigenvalue weighted by Gasteiger charge is -2.03. The standard InChI is InChI=1S/C15H10N2O5S/c1-7-5-9-12(22-15(19)13(9)14(23)16-7)6-8-10(17(20)21)3-2-4-11(8)18/h2-6,18H,1H3,(H,16,23)/b12-6+. The SMILES string of the molecule is Cc1cc2c(c(=S)[nH]1)C(=O)O/C2=C/c1c(O)cccc1[N+](=O)[O-]. The number of rotatable bonds is 2. The van der Waals surface area contributed by atoms with Gasteiger partial charge >= 0.3 is 5.97 Å². The monoisotopic (exact) mass is 330 g/mol. The van der Waals surface area contributed by atoms with Crippen LogP contribution in [0.3, 0.4) is 0 Å². The number of pyridine rings is 1. The summed E-state index contributed by atoms with van der Waals surface area (Å²) in [7, 11) is 0. The van der Waals surface area contributed by atoms with E-state index in [-0.39, 0.29) is 33.0 Å². The second-order valence-corrected chi connectivity index (χ2v) is 5.34. The second-order valence-electron chi connectivity index (χ2n) is 4.94. The molecular weight excluding hydrogens is 320 g/mol. The summed E-state index contributed by atoms with van der Waals surface area (Å²) in [6.07, 6.45) is 1.27. The normalized spacial score (nSPS) is 14.7. The van der Waals surface area contributed by atoms with E-state index in [0.717, 1.165) is 0 Å². The molecule has 7 nitrogen and oxygen atoms in total. The van der Waals surface area contributed by atoms with E-state index in [9.17, 15) is 20.0 Å². The smallest absolute Gasteiger partial charge is 0.347 e. The number of nitro groups is 1. The van der Waals surface area contributed by atoms with Crippen molar-refractivity contribution in [2.75, 3.05) is 0 Å². The summed E-state index contributed by atoms with van der Waals surface area (Å²) in [6, 6.07) is 5.60. The molecule has 23 heavy (non-hydrogen) atoms. The summed E-state index contributed by atoms with van der Waals surface area (Å²) in [5.41, 5.74) is 1.03. The van der Waals surface area contributed by atoms with Crippen LogP contribution in [-0.4, -0.2) is 21.0 Å². The number of cyclic esters (lactones) is 1. The number of hydrogen-bond acceptors (Lipinski definition) is 6. The van der Waals surface area contributed by atoms with Crippen molar-refractivity contribution >= 4 is 35.7 Å². The molecule has 0 bridgehead atoms. The van der Waals surface area contributed by atoms with Crippen molar-refractivity contribution in [1.82, 2.24) is 4.98 Å². The molecule has 0 amide bonds. The largest absolute Gasteiger partial charge is 0.507 e. The maximum absolute atomic E-state index is 12.0. The molecule has 3 rings (SSSR count). The quantitative estimate of drug-likeness (QED) is 0.379. The molecule has 0 fully saturated rings. The second kappa shape index (κ2) is 5.33. The van der Waals surface area contributed by atoms with E-state index in [0.29, 0.717) is 11.3 Å². The molecule has 1 aliphatic heterocycles. The minimum absolute atomic E-state index is 0.0374. The number of phenolic OH excluding ortho intramolecular Hbond substituents is 1. The van der Waals surface area contributed by atoms with Crippen LogP contribution in [0, 0.1) is 21.7 Å². The van der Waals surface area contributed by atoms with E-state index in [1.54, 1.807) is 13.0 Å². The van der Waals surface area contributed by atoms with Crippen molar-refractivity contribution in [2.24, 2.45) is 0 Å². The predicted molar refractivity (Wildman–Crippen MR) is 84.4 cm³/mol. The summed E-state index contributed by atoms with van der Waals surface area (Å²) in [6.45, 7) is 1.76. The molecule has 1 aliphatic rings. The predicted octanol–water partition coefficient (Wildman–Crippen LogP) is 3.33. The fourth-order valence-electron chi connectivity index (χ4n) is 2.38. The van der Waals surface area contributed by atoms with Crippen molar-refractivity contribution in [3.8, 4) is 5.75 Å². The molecule has 0 radical (unpaired) electrons. The molecule has 0 spiro atoms. The topological polar surface area (TPSA) is 105 Å². The number of nitrogens with zero attached hydrogens (tertiary/aromatic N) is 1. The van der Waals surface area contributed by atoms with Crippen LogP contribution < -0.4 is 0 Å². The summed E-state index contributed by atoms with van der Waals surface area (Å²) in [5, 5.41) is 21.0. The Morgan fingerprint density at radius 3 is 2.87 bits per heavy atom. The highest BCUT2D eigenvalue weighted by Crippen LogP contribution is 2.36. The Labute approximate surface area is 135 Å². The van der Waals surface area contributed by atoms with Crippen molar-refractivity contribution < 1.29 is 19.6 Å². The van der Waals surface area contributed by atoms with Gasteiger partial charge in [-0.1, -0.05) is 18.3 Å². The van der Waals surface area contributed by atoms with Crippen molar-refractivity contribution in [2.45, 2.75) is 6.92 Å². The van der Waals surface area contributed by atoms with E-state index in [1.807, 2.05) is 0 Å². The van der Waals surface area contributed by atoms with Crippen LogP contribution in [0.4, 0.5) is 5.69 Å². The Morgan fingerprint density at radius 2 is 2.17 bits per heavy atom. The molecule has 2 heterocycles. The number of ether oxygens (including phenoxy) is 1. The molecule has 0 aliphatic carbocycles. The Bertz CT molecular complexity index is 945. The van der Waals surface area contributed by atoms with E-state index in [1.165, 1.54) is 24.3 Å². The first-order valence-electron chi connectivity index (χ1n) is 6.53. The summed E-state index contributed by atoms with van der Waals surface area (Å²) < 4.78 is 5.40. The highest BCUT2D eigenvalue weighted by molar-refractivity contribution is 7.71. The van der Waals surface area contributed by atoms with Crippen LogP contribution in [0.1, 0.15) is 27.2 Å². The van der Waals surface area contributed by atoms with Crippen LogP contribution in [-0.2, 0) is 4.74 Å². The van der Waals surface area contributed by atoms with Crippen LogP contribution in [0.2, 0.25) is 0 Å². The first-order chi connectivity index (χ1) is 10.9. The number of phenols is 1. The number of H-pyrrole nitrogens is 1. The van der Waals surface area contributed by atoms with Gasteiger partial charge in [0.1, 0.15) is 21.7 Å². The minimum atomic E-state index is -0.634. The lowest BCUT2D eigenvalue weighted by atomic mass is 10.1. The zero-order valence-corrected chi connectivity index (χ0v) is 12.6. The molecule has 0 unspecified atom stereocenters. The van der Waals surface area contributed by atoms with Gasteiger partial charge < -0.3 is 14.8 Å². The van der Waals surface area contributed by atoms with Gasteiger partial charge in [-0.2, -0.15) is 0 Å². The highest BCUT2D eigenvalue weighted by Gasteiger charge is 2.29. The Morgan fingerprint density at radius 1 is 1.43 bits per heavy atom. The molecule has 116 valence electrons. The van der Waals surface area contributed by atoms with Crippen molar-refractivity contribution in [1.29, 1.82) is 0 Å². The number of nitro benzene ring substituents is 1. The van der Waals surface area contributed by atoms with Crippen LogP contribution in [0.25, 0.3) is 11.8 Å². The number of aromatic nitrogens is 1. The Hall–Kier alpha value is -3.00. The van der Waals surface area contributed by atoms with Gasteiger partial charge in [-0.25, -0.2) is 4.79 Å². The van der Waals surface area contributed by atoms with Crippen LogP contribution in [0.15, 0.2) is 24.3 Å². The van der Waals surface area contributed by atoms with Crippen molar-refractivity contribution in [3.05, 3.63) is 61.4 Å². The van der Waals surface area contributed by atoms with Crippen molar-refractivity contribution in [3.63, 3.8) is 0 Å². The van der Waals surface area contributed by atoms with E-state index < -0.39 is 10.9 Å². The van der Waals surface area contributed by atoms with Gasteiger partial charge in [-0.15, -0.1) is 0 Å². The maximum atomic E-state index is 12.0. The Kier molecular flexibility index (Phi) is 3.45.